The molecule has 2 amide bonds. The summed E-state index contributed by atoms with van der Waals surface area (Å²) in [5, 5.41) is 8.94. The molecule has 0 spiro atoms. The third-order valence-corrected chi connectivity index (χ3v) is 4.14. The van der Waals surface area contributed by atoms with Crippen LogP contribution in [0.15, 0.2) is 53.5 Å². The van der Waals surface area contributed by atoms with E-state index in [9.17, 15) is 14.0 Å². The van der Waals surface area contributed by atoms with Crippen LogP contribution in [0.4, 0.5) is 10.1 Å². The number of carbonyl (C=O) groups is 2. The van der Waals surface area contributed by atoms with Gasteiger partial charge in [0, 0.05) is 38.4 Å². The van der Waals surface area contributed by atoms with Gasteiger partial charge in [0.1, 0.15) is 12.4 Å². The Labute approximate surface area is 176 Å². The van der Waals surface area contributed by atoms with Gasteiger partial charge < -0.3 is 20.9 Å². The Morgan fingerprint density at radius 2 is 1.80 bits per heavy atom. The summed E-state index contributed by atoms with van der Waals surface area (Å²) in [5.74, 6) is -0.172. The number of hydrogen-bond donors (Lipinski definition) is 3. The molecule has 0 atom stereocenters. The predicted molar refractivity (Wildman–Crippen MR) is 117 cm³/mol. The minimum absolute atomic E-state index is 0.0353. The van der Waals surface area contributed by atoms with Crippen LogP contribution in [0.5, 0.6) is 0 Å². The molecule has 2 aromatic rings. The molecule has 0 saturated carbocycles. The van der Waals surface area contributed by atoms with Gasteiger partial charge in [-0.2, -0.15) is 0 Å². The van der Waals surface area contributed by atoms with Crippen molar-refractivity contribution >= 4 is 23.5 Å². The average molecular weight is 413 g/mol. The van der Waals surface area contributed by atoms with Gasteiger partial charge in [0.25, 0.3) is 5.91 Å². The second-order valence-electron chi connectivity index (χ2n) is 6.83. The molecule has 7 nitrogen and oxygen atoms in total. The normalized spacial score (nSPS) is 11.0. The first-order valence-electron chi connectivity index (χ1n) is 9.77. The number of amides is 2. The Morgan fingerprint density at radius 3 is 2.47 bits per heavy atom. The lowest BCUT2D eigenvalue weighted by atomic mass is 10.1. The van der Waals surface area contributed by atoms with Gasteiger partial charge in [0.15, 0.2) is 5.96 Å². The Bertz CT molecular complexity index is 881. The van der Waals surface area contributed by atoms with Gasteiger partial charge >= 0.3 is 0 Å². The molecule has 160 valence electrons. The molecule has 0 aliphatic rings. The fraction of sp³-hybridized carbons (Fsp3) is 0.318. The molecule has 0 aliphatic heterocycles. The fourth-order valence-electron chi connectivity index (χ4n) is 2.67. The lowest BCUT2D eigenvalue weighted by Gasteiger charge is -2.13. The summed E-state index contributed by atoms with van der Waals surface area (Å²) in [6.45, 7) is 3.11. The van der Waals surface area contributed by atoms with Crippen molar-refractivity contribution in [2.24, 2.45) is 4.99 Å². The number of nitrogens with one attached hydrogen (secondary N) is 3. The Kier molecular flexibility index (Phi) is 8.80. The second kappa shape index (κ2) is 11.5. The number of aliphatic imine (C=N–C) groups is 1. The van der Waals surface area contributed by atoms with Crippen LogP contribution < -0.4 is 16.0 Å². The van der Waals surface area contributed by atoms with E-state index in [2.05, 4.69) is 20.9 Å². The molecule has 0 fully saturated rings. The molecule has 0 heterocycles. The number of guanidine groups is 1. The lowest BCUT2D eigenvalue weighted by molar-refractivity contribution is -0.114. The van der Waals surface area contributed by atoms with E-state index >= 15 is 0 Å². The van der Waals surface area contributed by atoms with Crippen LogP contribution in [-0.2, 0) is 11.2 Å². The van der Waals surface area contributed by atoms with Gasteiger partial charge in [-0.25, -0.2) is 9.38 Å². The van der Waals surface area contributed by atoms with Crippen LogP contribution in [0.1, 0.15) is 22.8 Å². The summed E-state index contributed by atoms with van der Waals surface area (Å²) in [6.07, 6.45) is 0.695. The van der Waals surface area contributed by atoms with Crippen molar-refractivity contribution in [1.82, 2.24) is 15.5 Å². The highest BCUT2D eigenvalue weighted by Crippen LogP contribution is 2.08. The highest BCUT2D eigenvalue weighted by atomic mass is 19.1. The lowest BCUT2D eigenvalue weighted by Crippen LogP contribution is -2.39. The zero-order valence-corrected chi connectivity index (χ0v) is 17.5. The summed E-state index contributed by atoms with van der Waals surface area (Å²) in [4.78, 5) is 30.0. The van der Waals surface area contributed by atoms with Crippen LogP contribution in [0.2, 0.25) is 0 Å². The average Bonchev–Trinajstić information content (AvgIpc) is 2.73. The highest BCUT2D eigenvalue weighted by Gasteiger charge is 2.08. The van der Waals surface area contributed by atoms with Gasteiger partial charge in [0.05, 0.1) is 0 Å². The van der Waals surface area contributed by atoms with Gasteiger partial charge in [-0.3, -0.25) is 9.59 Å². The summed E-state index contributed by atoms with van der Waals surface area (Å²) in [5.41, 5.74) is 2.19. The van der Waals surface area contributed by atoms with E-state index in [1.807, 2.05) is 25.1 Å². The molecule has 0 aromatic heterocycles. The number of rotatable bonds is 8. The third-order valence-electron chi connectivity index (χ3n) is 4.14. The van der Waals surface area contributed by atoms with Crippen molar-refractivity contribution in [1.29, 1.82) is 0 Å². The number of carbonyl (C=O) groups excluding carboxylic acids is 2. The highest BCUT2D eigenvalue weighted by molar-refractivity contribution is 5.94. The quantitative estimate of drug-likeness (QED) is 0.458. The van der Waals surface area contributed by atoms with E-state index in [4.69, 9.17) is 0 Å². The maximum Gasteiger partial charge on any atom is 0.253 e. The Hall–Kier alpha value is -3.42. The van der Waals surface area contributed by atoms with Gasteiger partial charge in [-0.1, -0.05) is 12.1 Å². The summed E-state index contributed by atoms with van der Waals surface area (Å²) in [6, 6.07) is 13.1. The number of halogens is 1. The van der Waals surface area contributed by atoms with Crippen LogP contribution in [0.3, 0.4) is 0 Å². The molecule has 8 heteroatoms. The first kappa shape index (κ1) is 22.9. The molecule has 3 N–H and O–H groups in total. The van der Waals surface area contributed by atoms with E-state index in [1.165, 1.54) is 24.3 Å². The van der Waals surface area contributed by atoms with Crippen LogP contribution in [-0.4, -0.2) is 56.4 Å². The Balaban J connectivity index is 1.87. The van der Waals surface area contributed by atoms with E-state index in [0.717, 1.165) is 5.56 Å². The van der Waals surface area contributed by atoms with E-state index in [0.29, 0.717) is 36.7 Å². The molecule has 0 bridgehead atoms. The molecule has 30 heavy (non-hydrogen) atoms. The van der Waals surface area contributed by atoms with Crippen molar-refractivity contribution in [3.63, 3.8) is 0 Å². The SMILES string of the molecule is CCNC(=NCC(=O)Nc1ccc(F)cc1)NCCc1cccc(C(=O)N(C)C)c1. The van der Waals surface area contributed by atoms with E-state index < -0.39 is 0 Å². The Morgan fingerprint density at radius 1 is 1.07 bits per heavy atom. The molecule has 0 unspecified atom stereocenters. The standard InChI is InChI=1S/C22H28FN5O2/c1-4-24-22(26-15-20(29)27-19-10-8-18(23)9-11-19)25-13-12-16-6-5-7-17(14-16)21(30)28(2)3/h5-11,14H,4,12-13,15H2,1-3H3,(H,27,29)(H2,24,25,26). The number of benzene rings is 2. The summed E-state index contributed by atoms with van der Waals surface area (Å²) in [7, 11) is 3.45. The fourth-order valence-corrected chi connectivity index (χ4v) is 2.67. The maximum absolute atomic E-state index is 12.9. The van der Waals surface area contributed by atoms with Crippen LogP contribution in [0.25, 0.3) is 0 Å². The van der Waals surface area contributed by atoms with E-state index in [1.54, 1.807) is 25.1 Å². The topological polar surface area (TPSA) is 85.8 Å². The molecule has 0 saturated heterocycles. The zero-order valence-electron chi connectivity index (χ0n) is 17.5. The first-order chi connectivity index (χ1) is 14.4. The summed E-state index contributed by atoms with van der Waals surface area (Å²) >= 11 is 0. The summed E-state index contributed by atoms with van der Waals surface area (Å²) < 4.78 is 12.9. The molecule has 2 aromatic carbocycles. The molecular formula is C22H28FN5O2. The van der Waals surface area contributed by atoms with Gasteiger partial charge in [0.2, 0.25) is 5.91 Å². The maximum atomic E-state index is 12.9. The molecule has 2 rings (SSSR count). The second-order valence-corrected chi connectivity index (χ2v) is 6.83. The van der Waals surface area contributed by atoms with Gasteiger partial charge in [-0.05, 0) is 55.3 Å². The van der Waals surface area contributed by atoms with Crippen molar-refractivity contribution in [2.75, 3.05) is 39.0 Å². The molecule has 0 aliphatic carbocycles. The number of anilines is 1. The number of hydrogen-bond acceptors (Lipinski definition) is 3. The zero-order chi connectivity index (χ0) is 21.9. The monoisotopic (exact) mass is 413 g/mol. The third kappa shape index (κ3) is 7.54. The number of nitrogens with zero attached hydrogens (tertiary/aromatic N) is 2. The molecular weight excluding hydrogens is 385 g/mol. The molecule has 0 radical (unpaired) electrons. The van der Waals surface area contributed by atoms with Crippen LogP contribution >= 0.6 is 0 Å². The van der Waals surface area contributed by atoms with Gasteiger partial charge in [-0.15, -0.1) is 0 Å². The van der Waals surface area contributed by atoms with E-state index in [-0.39, 0.29) is 24.2 Å². The predicted octanol–water partition coefficient (Wildman–Crippen LogP) is 2.26. The van der Waals surface area contributed by atoms with Crippen molar-refractivity contribution < 1.29 is 14.0 Å². The van der Waals surface area contributed by atoms with Crippen LogP contribution in [0, 0.1) is 5.82 Å². The van der Waals surface area contributed by atoms with Crippen molar-refractivity contribution in [2.45, 2.75) is 13.3 Å². The van der Waals surface area contributed by atoms with Crippen molar-refractivity contribution in [3.05, 3.63) is 65.5 Å². The minimum atomic E-state index is -0.360. The minimum Gasteiger partial charge on any atom is -0.357 e. The first-order valence-corrected chi connectivity index (χ1v) is 9.77. The largest absolute Gasteiger partial charge is 0.357 e. The van der Waals surface area contributed by atoms with Crippen molar-refractivity contribution in [3.8, 4) is 0 Å². The smallest absolute Gasteiger partial charge is 0.253 e.